The lowest BCUT2D eigenvalue weighted by molar-refractivity contribution is -0.134. The van der Waals surface area contributed by atoms with Crippen LogP contribution in [0.15, 0.2) is 30.5 Å². The molecule has 0 saturated carbocycles. The molecule has 0 spiro atoms. The van der Waals surface area contributed by atoms with Crippen molar-refractivity contribution in [2.75, 3.05) is 6.54 Å². The van der Waals surface area contributed by atoms with Crippen LogP contribution in [-0.2, 0) is 25.5 Å². The van der Waals surface area contributed by atoms with Crippen LogP contribution in [0, 0.1) is 5.92 Å². The van der Waals surface area contributed by atoms with Crippen molar-refractivity contribution in [3.8, 4) is 0 Å². The second-order valence-electron chi connectivity index (χ2n) is 10.4. The summed E-state index contributed by atoms with van der Waals surface area (Å²) in [6, 6.07) is 5.62. The maximum Gasteiger partial charge on any atom is 0.410 e. The van der Waals surface area contributed by atoms with Crippen LogP contribution in [0.3, 0.4) is 0 Å². The molecule has 3 rings (SSSR count). The minimum Gasteiger partial charge on any atom is -0.444 e. The highest BCUT2D eigenvalue weighted by Crippen LogP contribution is 2.27. The highest BCUT2D eigenvalue weighted by Gasteiger charge is 2.38. The number of para-hydroxylation sites is 1. The van der Waals surface area contributed by atoms with Gasteiger partial charge in [-0.05, 0) is 58.6 Å². The number of hydrogen-bond acceptors (Lipinski definition) is 6. The molecule has 1 aromatic carbocycles. The van der Waals surface area contributed by atoms with Crippen molar-refractivity contribution in [2.24, 2.45) is 11.7 Å². The quantitative estimate of drug-likeness (QED) is 0.413. The number of ether oxygens (including phenoxy) is 1. The zero-order valence-corrected chi connectivity index (χ0v) is 21.2. The molecule has 1 aromatic heterocycles. The van der Waals surface area contributed by atoms with Gasteiger partial charge in [0.15, 0.2) is 5.78 Å². The summed E-state index contributed by atoms with van der Waals surface area (Å²) in [6.07, 6.45) is 1.23. The number of benzene rings is 1. The van der Waals surface area contributed by atoms with Gasteiger partial charge in [0, 0.05) is 36.0 Å². The number of nitrogens with one attached hydrogen (secondary N) is 2. The number of H-pyrrole nitrogens is 1. The predicted octanol–water partition coefficient (Wildman–Crippen LogP) is 2.04. The number of aromatic amines is 1. The number of amides is 3. The fraction of sp³-hybridized carbons (Fsp3) is 0.538. The third-order valence-electron chi connectivity index (χ3n) is 6.30. The number of primary amides is 1. The van der Waals surface area contributed by atoms with Crippen LogP contribution in [-0.4, -0.2) is 69.0 Å². The highest BCUT2D eigenvalue weighted by atomic mass is 16.6. The Morgan fingerprint density at radius 2 is 1.94 bits per heavy atom. The first kappa shape index (κ1) is 27.2. The number of aromatic nitrogens is 1. The number of ketones is 1. The Kier molecular flexibility index (Phi) is 8.39. The summed E-state index contributed by atoms with van der Waals surface area (Å²) in [4.78, 5) is 55.7. The van der Waals surface area contributed by atoms with Crippen molar-refractivity contribution >= 4 is 34.6 Å². The van der Waals surface area contributed by atoms with Crippen molar-refractivity contribution in [2.45, 2.75) is 77.2 Å². The highest BCUT2D eigenvalue weighted by molar-refractivity contribution is 5.94. The van der Waals surface area contributed by atoms with Gasteiger partial charge in [0.1, 0.15) is 11.6 Å². The lowest BCUT2D eigenvalue weighted by Crippen LogP contribution is -2.53. The monoisotopic (exact) mass is 500 g/mol. The zero-order chi connectivity index (χ0) is 26.6. The van der Waals surface area contributed by atoms with E-state index in [9.17, 15) is 24.3 Å². The van der Waals surface area contributed by atoms with E-state index in [1.807, 2.05) is 24.3 Å². The van der Waals surface area contributed by atoms with E-state index >= 15 is 0 Å². The van der Waals surface area contributed by atoms with Gasteiger partial charge in [0.05, 0.1) is 12.1 Å². The van der Waals surface area contributed by atoms with Crippen LogP contribution in [0.4, 0.5) is 4.79 Å². The van der Waals surface area contributed by atoms with Gasteiger partial charge < -0.3 is 25.9 Å². The maximum atomic E-state index is 13.4. The summed E-state index contributed by atoms with van der Waals surface area (Å²) in [5.74, 6) is -2.55. The molecule has 4 atom stereocenters. The van der Waals surface area contributed by atoms with Crippen LogP contribution in [0.5, 0.6) is 0 Å². The molecule has 1 aliphatic rings. The molecule has 2 aromatic rings. The lowest BCUT2D eigenvalue weighted by Gasteiger charge is -2.29. The van der Waals surface area contributed by atoms with Gasteiger partial charge in [-0.15, -0.1) is 0 Å². The van der Waals surface area contributed by atoms with Crippen molar-refractivity contribution in [3.63, 3.8) is 0 Å². The Morgan fingerprint density at radius 1 is 1.25 bits per heavy atom. The average molecular weight is 501 g/mol. The smallest absolute Gasteiger partial charge is 0.410 e. The fourth-order valence-electron chi connectivity index (χ4n) is 4.54. The Balaban J connectivity index is 1.83. The number of nitrogens with two attached hydrogens (primary N) is 1. The molecule has 36 heavy (non-hydrogen) atoms. The molecule has 196 valence electrons. The van der Waals surface area contributed by atoms with Crippen LogP contribution < -0.4 is 11.1 Å². The summed E-state index contributed by atoms with van der Waals surface area (Å²) in [7, 11) is 0. The van der Waals surface area contributed by atoms with Gasteiger partial charge in [-0.2, -0.15) is 0 Å². The van der Waals surface area contributed by atoms with E-state index in [2.05, 4.69) is 10.3 Å². The Hall–Kier alpha value is -3.40. The number of carbonyl (C=O) groups excluding carboxylic acids is 4. The first-order valence-corrected chi connectivity index (χ1v) is 12.2. The molecule has 1 fully saturated rings. The molecule has 0 aliphatic carbocycles. The summed E-state index contributed by atoms with van der Waals surface area (Å²) in [6.45, 7) is 7.03. The van der Waals surface area contributed by atoms with E-state index in [1.54, 1.807) is 27.0 Å². The summed E-state index contributed by atoms with van der Waals surface area (Å²) < 4.78 is 5.47. The Bertz CT molecular complexity index is 1120. The number of hydrogen-bond donors (Lipinski definition) is 4. The van der Waals surface area contributed by atoms with E-state index in [-0.39, 0.29) is 18.6 Å². The molecule has 0 radical (unpaired) electrons. The normalized spacial score (nSPS) is 18.5. The lowest BCUT2D eigenvalue weighted by atomic mass is 9.90. The molecule has 2 heterocycles. The number of aliphatic hydroxyl groups is 1. The number of Topliss-reactive ketones (excluding diaryl/α,β-unsaturated/α-hetero) is 1. The van der Waals surface area contributed by atoms with Crippen LogP contribution >= 0.6 is 0 Å². The first-order valence-electron chi connectivity index (χ1n) is 12.2. The van der Waals surface area contributed by atoms with Gasteiger partial charge in [-0.3, -0.25) is 19.3 Å². The number of carbonyl (C=O) groups is 4. The van der Waals surface area contributed by atoms with E-state index in [4.69, 9.17) is 10.5 Å². The number of likely N-dealkylation sites (tertiary alicyclic amines) is 1. The van der Waals surface area contributed by atoms with Gasteiger partial charge in [-0.25, -0.2) is 4.79 Å². The maximum absolute atomic E-state index is 13.4. The van der Waals surface area contributed by atoms with Gasteiger partial charge >= 0.3 is 6.09 Å². The molecular weight excluding hydrogens is 464 g/mol. The van der Waals surface area contributed by atoms with Crippen molar-refractivity contribution in [3.05, 3.63) is 36.0 Å². The molecule has 0 bridgehead atoms. The minimum absolute atomic E-state index is 0.152. The van der Waals surface area contributed by atoms with Crippen LogP contribution in [0.1, 0.15) is 52.5 Å². The molecule has 10 heteroatoms. The Morgan fingerprint density at radius 3 is 2.58 bits per heavy atom. The molecule has 3 amide bonds. The third-order valence-corrected chi connectivity index (χ3v) is 6.30. The van der Waals surface area contributed by atoms with Gasteiger partial charge in [0.25, 0.3) is 0 Å². The Labute approximate surface area is 210 Å². The first-order chi connectivity index (χ1) is 16.9. The fourth-order valence-corrected chi connectivity index (χ4v) is 4.54. The van der Waals surface area contributed by atoms with Crippen LogP contribution in [0.25, 0.3) is 10.9 Å². The zero-order valence-electron chi connectivity index (χ0n) is 21.2. The number of rotatable bonds is 9. The van der Waals surface area contributed by atoms with Crippen molar-refractivity contribution < 1.29 is 29.0 Å². The van der Waals surface area contributed by atoms with E-state index in [0.29, 0.717) is 19.4 Å². The molecule has 1 aliphatic heterocycles. The average Bonchev–Trinajstić information content (AvgIpc) is 3.43. The molecule has 5 N–H and O–H groups in total. The number of fused-ring (bicyclic) bond motifs is 1. The summed E-state index contributed by atoms with van der Waals surface area (Å²) in [5, 5.41) is 13.3. The third kappa shape index (κ3) is 6.63. The van der Waals surface area contributed by atoms with E-state index in [0.717, 1.165) is 16.5 Å². The molecular formula is C26H36N4O6. The summed E-state index contributed by atoms with van der Waals surface area (Å²) >= 11 is 0. The summed E-state index contributed by atoms with van der Waals surface area (Å²) in [5.41, 5.74) is 6.38. The largest absolute Gasteiger partial charge is 0.444 e. The number of aliphatic hydroxyl groups excluding tert-OH is 1. The van der Waals surface area contributed by atoms with Gasteiger partial charge in [0.2, 0.25) is 11.8 Å². The van der Waals surface area contributed by atoms with Crippen molar-refractivity contribution in [1.29, 1.82) is 0 Å². The SMILES string of the molecule is C[C@@H](O)[C@H](NC(=O)[C@@H](CC(=O)[C@@H]1CCCN1C(=O)OC(C)(C)C)Cc1c[nH]c2ccccc12)C(N)=O. The molecule has 0 unspecified atom stereocenters. The topological polar surface area (TPSA) is 155 Å². The second-order valence-corrected chi connectivity index (χ2v) is 10.4. The predicted molar refractivity (Wildman–Crippen MR) is 134 cm³/mol. The second kappa shape index (κ2) is 11.1. The standard InChI is InChI=1S/C26H36N4O6/c1-15(31)22(23(27)33)29-24(34)16(12-17-14-28-19-9-6-5-8-18(17)19)13-21(32)20-10-7-11-30(20)25(35)36-26(2,3)4/h5-6,8-9,14-16,20,22,28,31H,7,10-13H2,1-4H3,(H2,27,33)(H,29,34)/t15-,16-,20+,22+/m1/s1. The van der Waals surface area contributed by atoms with Gasteiger partial charge in [-0.1, -0.05) is 18.2 Å². The number of nitrogens with zero attached hydrogens (tertiary/aromatic N) is 1. The van der Waals surface area contributed by atoms with Crippen molar-refractivity contribution in [1.82, 2.24) is 15.2 Å². The van der Waals surface area contributed by atoms with E-state index < -0.39 is 47.6 Å². The minimum atomic E-state index is -1.29. The molecule has 10 nitrogen and oxygen atoms in total. The van der Waals surface area contributed by atoms with E-state index in [1.165, 1.54) is 11.8 Å². The molecule has 1 saturated heterocycles. The van der Waals surface area contributed by atoms with Crippen LogP contribution in [0.2, 0.25) is 0 Å².